The number of nitrogens with zero attached hydrogens (tertiary/aromatic N) is 1. The van der Waals surface area contributed by atoms with Crippen LogP contribution in [0.25, 0.3) is 0 Å². The Hall–Kier alpha value is -1.20. The highest BCUT2D eigenvalue weighted by atomic mass is 19.3. The molecule has 0 bridgehead atoms. The van der Waals surface area contributed by atoms with E-state index in [9.17, 15) is 8.78 Å². The minimum absolute atomic E-state index is 0.270. The zero-order valence-electron chi connectivity index (χ0n) is 10.8. The lowest BCUT2D eigenvalue weighted by Crippen LogP contribution is -2.33. The Bertz CT molecular complexity index is 372. The van der Waals surface area contributed by atoms with Gasteiger partial charge in [-0.1, -0.05) is 17.7 Å². The summed E-state index contributed by atoms with van der Waals surface area (Å²) in [7, 11) is 1.58. The van der Waals surface area contributed by atoms with Crippen LogP contribution in [0.4, 0.5) is 8.78 Å². The van der Waals surface area contributed by atoms with Crippen LogP contribution in [0.2, 0.25) is 0 Å². The van der Waals surface area contributed by atoms with E-state index in [0.717, 1.165) is 16.9 Å². The number of hydrogen-bond donors (Lipinski definition) is 1. The van der Waals surface area contributed by atoms with Crippen LogP contribution in [0, 0.1) is 6.92 Å². The lowest BCUT2D eigenvalue weighted by atomic mass is 10.1. The van der Waals surface area contributed by atoms with E-state index in [4.69, 9.17) is 10.5 Å². The largest absolute Gasteiger partial charge is 0.496 e. The Morgan fingerprint density at radius 3 is 2.67 bits per heavy atom. The topological polar surface area (TPSA) is 38.5 Å². The summed E-state index contributed by atoms with van der Waals surface area (Å²) >= 11 is 0. The summed E-state index contributed by atoms with van der Waals surface area (Å²) in [6.45, 7) is 2.92. The molecule has 1 aromatic carbocycles. The van der Waals surface area contributed by atoms with E-state index in [0.29, 0.717) is 19.6 Å². The highest BCUT2D eigenvalue weighted by molar-refractivity contribution is 5.36. The van der Waals surface area contributed by atoms with Crippen molar-refractivity contribution in [2.45, 2.75) is 19.9 Å². The fraction of sp³-hybridized carbons (Fsp3) is 0.538. The highest BCUT2D eigenvalue weighted by Crippen LogP contribution is 2.21. The molecule has 0 unspecified atom stereocenters. The number of methoxy groups -OCH3 is 1. The van der Waals surface area contributed by atoms with Crippen molar-refractivity contribution in [2.24, 2.45) is 5.73 Å². The van der Waals surface area contributed by atoms with Gasteiger partial charge in [0.25, 0.3) is 6.43 Å². The Labute approximate surface area is 107 Å². The minimum atomic E-state index is -2.35. The molecule has 0 aliphatic rings. The second-order valence-corrected chi connectivity index (χ2v) is 4.23. The van der Waals surface area contributed by atoms with E-state index in [1.54, 1.807) is 12.0 Å². The molecule has 102 valence electrons. The first-order chi connectivity index (χ1) is 8.56. The molecular weight excluding hydrogens is 238 g/mol. The van der Waals surface area contributed by atoms with Gasteiger partial charge in [-0.25, -0.2) is 8.78 Å². The van der Waals surface area contributed by atoms with Crippen LogP contribution in [-0.4, -0.2) is 38.1 Å². The van der Waals surface area contributed by atoms with Crippen molar-refractivity contribution in [1.29, 1.82) is 0 Å². The van der Waals surface area contributed by atoms with E-state index in [1.165, 1.54) is 0 Å². The normalized spacial score (nSPS) is 11.3. The first kappa shape index (κ1) is 14.9. The maximum absolute atomic E-state index is 12.5. The van der Waals surface area contributed by atoms with Crippen molar-refractivity contribution in [3.8, 4) is 5.75 Å². The molecule has 0 aromatic heterocycles. The maximum atomic E-state index is 12.5. The smallest absolute Gasteiger partial charge is 0.251 e. The van der Waals surface area contributed by atoms with Gasteiger partial charge in [-0.2, -0.15) is 0 Å². The van der Waals surface area contributed by atoms with Crippen molar-refractivity contribution in [3.05, 3.63) is 29.3 Å². The van der Waals surface area contributed by atoms with Crippen LogP contribution < -0.4 is 10.5 Å². The van der Waals surface area contributed by atoms with Gasteiger partial charge in [-0.05, 0) is 13.0 Å². The molecule has 1 aromatic rings. The molecule has 18 heavy (non-hydrogen) atoms. The van der Waals surface area contributed by atoms with Crippen molar-refractivity contribution in [2.75, 3.05) is 26.7 Å². The first-order valence-corrected chi connectivity index (χ1v) is 5.91. The summed E-state index contributed by atoms with van der Waals surface area (Å²) in [5.41, 5.74) is 7.43. The number of aryl methyl sites for hydroxylation is 1. The van der Waals surface area contributed by atoms with Gasteiger partial charge in [-0.3, -0.25) is 4.90 Å². The predicted octanol–water partition coefficient (Wildman–Crippen LogP) is 2.03. The van der Waals surface area contributed by atoms with Crippen LogP contribution in [0.15, 0.2) is 18.2 Å². The molecule has 0 aliphatic heterocycles. The molecule has 0 aliphatic carbocycles. The second-order valence-electron chi connectivity index (χ2n) is 4.23. The van der Waals surface area contributed by atoms with E-state index >= 15 is 0 Å². The lowest BCUT2D eigenvalue weighted by Gasteiger charge is -2.22. The third-order valence-electron chi connectivity index (χ3n) is 2.67. The molecule has 0 atom stereocenters. The number of ether oxygens (including phenoxy) is 1. The number of nitrogens with two attached hydrogens (primary N) is 1. The Balaban J connectivity index is 2.81. The fourth-order valence-electron chi connectivity index (χ4n) is 1.88. The number of alkyl halides is 2. The molecule has 5 heteroatoms. The summed E-state index contributed by atoms with van der Waals surface area (Å²) in [4.78, 5) is 1.64. The molecule has 2 N–H and O–H groups in total. The maximum Gasteiger partial charge on any atom is 0.251 e. The number of benzene rings is 1. The number of halogens is 2. The summed E-state index contributed by atoms with van der Waals surface area (Å²) in [6.07, 6.45) is -2.35. The van der Waals surface area contributed by atoms with Crippen LogP contribution in [0.3, 0.4) is 0 Å². The van der Waals surface area contributed by atoms with Gasteiger partial charge in [0.2, 0.25) is 0 Å². The molecule has 3 nitrogen and oxygen atoms in total. The van der Waals surface area contributed by atoms with E-state index in [-0.39, 0.29) is 6.54 Å². The first-order valence-electron chi connectivity index (χ1n) is 5.91. The molecule has 0 spiro atoms. The van der Waals surface area contributed by atoms with Gasteiger partial charge in [0.15, 0.2) is 0 Å². The van der Waals surface area contributed by atoms with Crippen LogP contribution in [0.1, 0.15) is 11.1 Å². The molecule has 0 saturated carbocycles. The molecule has 0 saturated heterocycles. The average molecular weight is 258 g/mol. The van der Waals surface area contributed by atoms with Gasteiger partial charge < -0.3 is 10.5 Å². The van der Waals surface area contributed by atoms with Gasteiger partial charge >= 0.3 is 0 Å². The summed E-state index contributed by atoms with van der Waals surface area (Å²) in [5, 5.41) is 0. The van der Waals surface area contributed by atoms with Gasteiger partial charge in [-0.15, -0.1) is 0 Å². The Kier molecular flexibility index (Phi) is 6.01. The molecule has 1 rings (SSSR count). The van der Waals surface area contributed by atoms with Gasteiger partial charge in [0.05, 0.1) is 13.7 Å². The molecule has 0 heterocycles. The lowest BCUT2D eigenvalue weighted by molar-refractivity contribution is 0.0858. The van der Waals surface area contributed by atoms with Crippen LogP contribution in [0.5, 0.6) is 5.75 Å². The second kappa shape index (κ2) is 7.28. The van der Waals surface area contributed by atoms with Crippen molar-refractivity contribution in [3.63, 3.8) is 0 Å². The fourth-order valence-corrected chi connectivity index (χ4v) is 1.88. The highest BCUT2D eigenvalue weighted by Gasteiger charge is 2.14. The SMILES string of the molecule is COc1ccc(C)cc1CN(CCN)CC(F)F. The predicted molar refractivity (Wildman–Crippen MR) is 68.1 cm³/mol. The zero-order valence-corrected chi connectivity index (χ0v) is 10.8. The zero-order chi connectivity index (χ0) is 13.5. The van der Waals surface area contributed by atoms with Crippen molar-refractivity contribution < 1.29 is 13.5 Å². The molecule has 0 amide bonds. The average Bonchev–Trinajstić information content (AvgIpc) is 2.28. The summed E-state index contributed by atoms with van der Waals surface area (Å²) in [5.74, 6) is 0.719. The Morgan fingerprint density at radius 2 is 2.11 bits per heavy atom. The van der Waals surface area contributed by atoms with Gasteiger partial charge in [0.1, 0.15) is 5.75 Å². The third kappa shape index (κ3) is 4.58. The summed E-state index contributed by atoms with van der Waals surface area (Å²) in [6, 6.07) is 5.74. The van der Waals surface area contributed by atoms with E-state index < -0.39 is 6.43 Å². The molecule has 0 radical (unpaired) electrons. The van der Waals surface area contributed by atoms with Gasteiger partial charge in [0, 0.05) is 25.2 Å². The Morgan fingerprint density at radius 1 is 1.39 bits per heavy atom. The van der Waals surface area contributed by atoms with Crippen molar-refractivity contribution in [1.82, 2.24) is 4.90 Å². The quantitative estimate of drug-likeness (QED) is 0.813. The standard InChI is InChI=1S/C13H20F2N2O/c1-10-3-4-12(18-2)11(7-10)8-17(6-5-16)9-13(14)15/h3-4,7,13H,5-6,8-9,16H2,1-2H3. The third-order valence-corrected chi connectivity index (χ3v) is 2.67. The molecular formula is C13H20F2N2O. The minimum Gasteiger partial charge on any atom is -0.496 e. The summed E-state index contributed by atoms with van der Waals surface area (Å²) < 4.78 is 30.2. The van der Waals surface area contributed by atoms with Crippen molar-refractivity contribution >= 4 is 0 Å². The van der Waals surface area contributed by atoms with Crippen LogP contribution >= 0.6 is 0 Å². The number of hydrogen-bond acceptors (Lipinski definition) is 3. The molecule has 0 fully saturated rings. The van der Waals surface area contributed by atoms with Crippen LogP contribution in [-0.2, 0) is 6.54 Å². The monoisotopic (exact) mass is 258 g/mol. The van der Waals surface area contributed by atoms with E-state index in [2.05, 4.69) is 0 Å². The van der Waals surface area contributed by atoms with E-state index in [1.807, 2.05) is 25.1 Å². The number of rotatable bonds is 7.